The fourth-order valence-electron chi connectivity index (χ4n) is 2.31. The number of halogens is 1. The maximum absolute atomic E-state index is 11.5. The minimum absolute atomic E-state index is 0.154. The van der Waals surface area contributed by atoms with Gasteiger partial charge in [-0.3, -0.25) is 14.4 Å². The van der Waals surface area contributed by atoms with E-state index in [4.69, 9.17) is 23.7 Å². The first-order valence-electron chi connectivity index (χ1n) is 7.86. The van der Waals surface area contributed by atoms with Crippen LogP contribution in [-0.4, -0.2) is 58.6 Å². The molecule has 1 heterocycles. The maximum atomic E-state index is 11.5. The molecule has 0 saturated carbocycles. The zero-order chi connectivity index (χ0) is 19.4. The first kappa shape index (κ1) is 22.1. The van der Waals surface area contributed by atoms with Crippen LogP contribution in [-0.2, 0) is 38.1 Å². The van der Waals surface area contributed by atoms with Crippen LogP contribution in [0.1, 0.15) is 41.5 Å². The fourth-order valence-corrected chi connectivity index (χ4v) is 3.18. The minimum atomic E-state index is -0.914. The zero-order valence-corrected chi connectivity index (χ0v) is 17.4. The van der Waals surface area contributed by atoms with Crippen LogP contribution in [0.15, 0.2) is 0 Å². The lowest BCUT2D eigenvalue weighted by Gasteiger charge is -2.44. The Morgan fingerprint density at radius 2 is 1.48 bits per heavy atom. The summed E-state index contributed by atoms with van der Waals surface area (Å²) in [7, 11) is 0. The van der Waals surface area contributed by atoms with E-state index in [0.717, 1.165) is 0 Å². The first-order valence-corrected chi connectivity index (χ1v) is 9.10. The Hall–Kier alpha value is -0.940. The second-order valence-electron chi connectivity index (χ2n) is 6.67. The standard InChI is InChI=1S/C16H25IO8/c1-8(18)21-7-11-13(22-9(2)19)14(23-10(3)20)12(17)15(24-11)25-16(4,5)6/h11-15H,7H2,1-6H3. The van der Waals surface area contributed by atoms with Crippen molar-refractivity contribution in [2.75, 3.05) is 6.61 Å². The van der Waals surface area contributed by atoms with Gasteiger partial charge in [0.2, 0.25) is 0 Å². The Balaban J connectivity index is 3.11. The van der Waals surface area contributed by atoms with E-state index < -0.39 is 52.0 Å². The van der Waals surface area contributed by atoms with E-state index in [-0.39, 0.29) is 6.61 Å². The van der Waals surface area contributed by atoms with Crippen LogP contribution in [0.4, 0.5) is 0 Å². The van der Waals surface area contributed by atoms with Gasteiger partial charge in [0.1, 0.15) is 16.6 Å². The molecule has 1 aliphatic rings. The molecule has 25 heavy (non-hydrogen) atoms. The van der Waals surface area contributed by atoms with Crippen molar-refractivity contribution in [3.8, 4) is 0 Å². The SMILES string of the molecule is CC(=O)OCC1OC(OC(C)(C)C)C(I)C(OC(C)=O)C1OC(C)=O. The lowest BCUT2D eigenvalue weighted by molar-refractivity contribution is -0.280. The second kappa shape index (κ2) is 9.13. The molecule has 8 nitrogen and oxygen atoms in total. The van der Waals surface area contributed by atoms with E-state index in [2.05, 4.69) is 0 Å². The molecule has 144 valence electrons. The predicted molar refractivity (Wildman–Crippen MR) is 95.0 cm³/mol. The molecule has 1 aliphatic heterocycles. The molecule has 0 radical (unpaired) electrons. The molecule has 0 aromatic carbocycles. The third kappa shape index (κ3) is 7.45. The van der Waals surface area contributed by atoms with Gasteiger partial charge in [0.05, 0.1) is 5.60 Å². The van der Waals surface area contributed by atoms with Crippen molar-refractivity contribution in [2.24, 2.45) is 0 Å². The van der Waals surface area contributed by atoms with Crippen LogP contribution in [0.2, 0.25) is 0 Å². The molecule has 0 aromatic rings. The number of hydrogen-bond donors (Lipinski definition) is 0. The van der Waals surface area contributed by atoms with Crippen LogP contribution < -0.4 is 0 Å². The van der Waals surface area contributed by atoms with Gasteiger partial charge < -0.3 is 23.7 Å². The van der Waals surface area contributed by atoms with Gasteiger partial charge in [0, 0.05) is 20.8 Å². The molecule has 1 saturated heterocycles. The number of esters is 3. The van der Waals surface area contributed by atoms with Gasteiger partial charge >= 0.3 is 17.9 Å². The summed E-state index contributed by atoms with van der Waals surface area (Å²) in [6.07, 6.45) is -3.28. The Morgan fingerprint density at radius 3 is 1.92 bits per heavy atom. The van der Waals surface area contributed by atoms with Gasteiger partial charge in [0.15, 0.2) is 18.5 Å². The average molecular weight is 472 g/mol. The summed E-state index contributed by atoms with van der Waals surface area (Å²) in [4.78, 5) is 34.2. The lowest BCUT2D eigenvalue weighted by Crippen LogP contribution is -2.60. The highest BCUT2D eigenvalue weighted by Crippen LogP contribution is 2.34. The van der Waals surface area contributed by atoms with Crippen molar-refractivity contribution in [2.45, 2.75) is 75.7 Å². The van der Waals surface area contributed by atoms with Crippen LogP contribution in [0.25, 0.3) is 0 Å². The Labute approximate surface area is 161 Å². The van der Waals surface area contributed by atoms with E-state index in [0.29, 0.717) is 0 Å². The minimum Gasteiger partial charge on any atom is -0.463 e. The van der Waals surface area contributed by atoms with Crippen molar-refractivity contribution in [3.05, 3.63) is 0 Å². The number of carbonyl (C=O) groups excluding carboxylic acids is 3. The van der Waals surface area contributed by atoms with Crippen molar-refractivity contribution in [1.82, 2.24) is 0 Å². The summed E-state index contributed by atoms with van der Waals surface area (Å²) in [6, 6.07) is 0. The van der Waals surface area contributed by atoms with Crippen molar-refractivity contribution < 1.29 is 38.1 Å². The highest BCUT2D eigenvalue weighted by molar-refractivity contribution is 14.1. The molecule has 9 heteroatoms. The number of ether oxygens (including phenoxy) is 5. The highest BCUT2D eigenvalue weighted by Gasteiger charge is 2.50. The molecular formula is C16H25IO8. The quantitative estimate of drug-likeness (QED) is 0.259. The molecule has 1 rings (SSSR count). The smallest absolute Gasteiger partial charge is 0.303 e. The second-order valence-corrected chi connectivity index (χ2v) is 8.11. The van der Waals surface area contributed by atoms with Gasteiger partial charge in [-0.25, -0.2) is 0 Å². The zero-order valence-electron chi connectivity index (χ0n) is 15.2. The van der Waals surface area contributed by atoms with Crippen LogP contribution in [0.5, 0.6) is 0 Å². The molecule has 0 spiro atoms. The summed E-state index contributed by atoms with van der Waals surface area (Å²) in [5, 5.41) is 0. The van der Waals surface area contributed by atoms with E-state index in [1.54, 1.807) is 0 Å². The molecular weight excluding hydrogens is 447 g/mol. The summed E-state index contributed by atoms with van der Waals surface area (Å²) >= 11 is 2.04. The topological polar surface area (TPSA) is 97.4 Å². The molecule has 0 aromatic heterocycles. The molecule has 5 atom stereocenters. The number of rotatable bonds is 5. The van der Waals surface area contributed by atoms with Crippen molar-refractivity contribution in [1.29, 1.82) is 0 Å². The molecule has 0 bridgehead atoms. The van der Waals surface area contributed by atoms with Crippen molar-refractivity contribution in [3.63, 3.8) is 0 Å². The predicted octanol–water partition coefficient (Wildman–Crippen LogP) is 1.76. The number of alkyl halides is 1. The Morgan fingerprint density at radius 1 is 0.960 bits per heavy atom. The first-order chi connectivity index (χ1) is 11.4. The number of hydrogen-bond acceptors (Lipinski definition) is 8. The van der Waals surface area contributed by atoms with Crippen LogP contribution in [0, 0.1) is 0 Å². The van der Waals surface area contributed by atoms with Crippen LogP contribution in [0.3, 0.4) is 0 Å². The van der Waals surface area contributed by atoms with Crippen molar-refractivity contribution >= 4 is 40.5 Å². The summed E-state index contributed by atoms with van der Waals surface area (Å²) in [6.45, 7) is 9.20. The van der Waals surface area contributed by atoms with Gasteiger partial charge in [0.25, 0.3) is 0 Å². The van der Waals surface area contributed by atoms with E-state index in [1.165, 1.54) is 20.8 Å². The third-order valence-corrected chi connectivity index (χ3v) is 4.39. The fraction of sp³-hybridized carbons (Fsp3) is 0.812. The summed E-state index contributed by atoms with van der Waals surface area (Å²) in [5.74, 6) is -1.58. The molecule has 0 N–H and O–H groups in total. The third-order valence-electron chi connectivity index (χ3n) is 3.10. The average Bonchev–Trinajstić information content (AvgIpc) is 2.42. The van der Waals surface area contributed by atoms with Gasteiger partial charge in [-0.15, -0.1) is 0 Å². The molecule has 0 aliphatic carbocycles. The van der Waals surface area contributed by atoms with Gasteiger partial charge in [-0.2, -0.15) is 0 Å². The monoisotopic (exact) mass is 472 g/mol. The largest absolute Gasteiger partial charge is 0.463 e. The Kier molecular flexibility index (Phi) is 8.07. The molecule has 5 unspecified atom stereocenters. The summed E-state index contributed by atoms with van der Waals surface area (Å²) < 4.78 is 27.0. The lowest BCUT2D eigenvalue weighted by atomic mass is 10.0. The molecule has 0 amide bonds. The normalized spacial score (nSPS) is 29.6. The maximum Gasteiger partial charge on any atom is 0.303 e. The highest BCUT2D eigenvalue weighted by atomic mass is 127. The van der Waals surface area contributed by atoms with Gasteiger partial charge in [-0.1, -0.05) is 22.6 Å². The van der Waals surface area contributed by atoms with Gasteiger partial charge in [-0.05, 0) is 20.8 Å². The van der Waals surface area contributed by atoms with E-state index in [9.17, 15) is 14.4 Å². The summed E-state index contributed by atoms with van der Waals surface area (Å²) in [5.41, 5.74) is -0.519. The van der Waals surface area contributed by atoms with E-state index >= 15 is 0 Å². The molecule has 1 fully saturated rings. The number of carbonyl (C=O) groups is 3. The Bertz CT molecular complexity index is 501. The van der Waals surface area contributed by atoms with Crippen LogP contribution >= 0.6 is 22.6 Å². The van der Waals surface area contributed by atoms with E-state index in [1.807, 2.05) is 43.4 Å².